The van der Waals surface area contributed by atoms with Crippen molar-refractivity contribution in [3.05, 3.63) is 51.7 Å². The summed E-state index contributed by atoms with van der Waals surface area (Å²) in [4.78, 5) is 9.35. The van der Waals surface area contributed by atoms with Crippen molar-refractivity contribution in [3.8, 4) is 0 Å². The number of halogens is 2. The zero-order valence-electron chi connectivity index (χ0n) is 17.0. The number of thiazole rings is 1. The van der Waals surface area contributed by atoms with Gasteiger partial charge in [-0.15, -0.1) is 35.3 Å². The van der Waals surface area contributed by atoms with Gasteiger partial charge in [0.05, 0.1) is 17.2 Å². The van der Waals surface area contributed by atoms with Crippen LogP contribution in [0.15, 0.2) is 34.6 Å². The number of hydrogen-bond acceptors (Lipinski definition) is 4. The van der Waals surface area contributed by atoms with E-state index in [-0.39, 0.29) is 35.2 Å². The van der Waals surface area contributed by atoms with Crippen molar-refractivity contribution in [3.63, 3.8) is 0 Å². The predicted octanol–water partition coefficient (Wildman–Crippen LogP) is 4.05. The molecule has 160 valence electrons. The Kier molecular flexibility index (Phi) is 9.78. The van der Waals surface area contributed by atoms with Gasteiger partial charge in [-0.25, -0.2) is 9.37 Å². The molecule has 29 heavy (non-hydrogen) atoms. The Morgan fingerprint density at radius 1 is 1.31 bits per heavy atom. The molecule has 1 fully saturated rings. The largest absolute Gasteiger partial charge is 0.381 e. The summed E-state index contributed by atoms with van der Waals surface area (Å²) < 4.78 is 19.4. The van der Waals surface area contributed by atoms with Gasteiger partial charge in [-0.05, 0) is 44.4 Å². The summed E-state index contributed by atoms with van der Waals surface area (Å²) in [5.74, 6) is 0.590. The minimum atomic E-state index is -0.198. The number of rotatable bonds is 7. The van der Waals surface area contributed by atoms with E-state index >= 15 is 0 Å². The van der Waals surface area contributed by atoms with Crippen LogP contribution in [0.5, 0.6) is 0 Å². The first-order valence-corrected chi connectivity index (χ1v) is 10.8. The normalized spacial score (nSPS) is 16.2. The Bertz CT molecular complexity index is 792. The van der Waals surface area contributed by atoms with Crippen LogP contribution < -0.4 is 10.6 Å². The molecule has 2 aromatic rings. The third-order valence-electron chi connectivity index (χ3n) is 5.11. The molecule has 1 aromatic carbocycles. The maximum Gasteiger partial charge on any atom is 0.191 e. The Labute approximate surface area is 193 Å². The summed E-state index contributed by atoms with van der Waals surface area (Å²) >= 11 is 1.67. The molecule has 5 nitrogen and oxygen atoms in total. The van der Waals surface area contributed by atoms with Crippen molar-refractivity contribution in [2.45, 2.75) is 38.5 Å². The number of ether oxygens (including phenoxy) is 1. The van der Waals surface area contributed by atoms with Crippen LogP contribution >= 0.6 is 35.3 Å². The highest BCUT2D eigenvalue weighted by atomic mass is 127. The third-order valence-corrected chi connectivity index (χ3v) is 5.93. The average molecular weight is 532 g/mol. The predicted molar refractivity (Wildman–Crippen MR) is 128 cm³/mol. The lowest BCUT2D eigenvalue weighted by Crippen LogP contribution is -2.41. The first kappa shape index (κ1) is 24.0. The van der Waals surface area contributed by atoms with E-state index in [1.165, 1.54) is 6.07 Å². The van der Waals surface area contributed by atoms with Crippen LogP contribution in [0.25, 0.3) is 0 Å². The highest BCUT2D eigenvalue weighted by Crippen LogP contribution is 2.35. The van der Waals surface area contributed by atoms with E-state index in [1.807, 2.05) is 13.0 Å². The lowest BCUT2D eigenvalue weighted by atomic mass is 9.74. The van der Waals surface area contributed by atoms with Gasteiger partial charge in [0.25, 0.3) is 0 Å². The summed E-state index contributed by atoms with van der Waals surface area (Å²) in [5.41, 5.74) is 1.93. The zero-order valence-corrected chi connectivity index (χ0v) is 20.2. The number of nitrogens with one attached hydrogen (secondary N) is 2. The Balaban J connectivity index is 0.00000300. The second kappa shape index (κ2) is 11.8. The minimum absolute atomic E-state index is 0. The van der Waals surface area contributed by atoms with Crippen molar-refractivity contribution < 1.29 is 9.13 Å². The van der Waals surface area contributed by atoms with Gasteiger partial charge in [-0.2, -0.15) is 0 Å². The van der Waals surface area contributed by atoms with Crippen molar-refractivity contribution >= 4 is 41.3 Å². The molecule has 1 aliphatic heterocycles. The Morgan fingerprint density at radius 2 is 2.10 bits per heavy atom. The quantitative estimate of drug-likeness (QED) is 0.321. The van der Waals surface area contributed by atoms with E-state index < -0.39 is 0 Å². The molecule has 1 saturated heterocycles. The van der Waals surface area contributed by atoms with Crippen LogP contribution in [-0.4, -0.2) is 43.8 Å². The van der Waals surface area contributed by atoms with Gasteiger partial charge in [0.15, 0.2) is 5.96 Å². The number of nitrogens with zero attached hydrogens (tertiary/aromatic N) is 2. The fourth-order valence-corrected chi connectivity index (χ4v) is 4.17. The van der Waals surface area contributed by atoms with E-state index in [9.17, 15) is 4.39 Å². The lowest BCUT2D eigenvalue weighted by molar-refractivity contribution is 0.0530. The van der Waals surface area contributed by atoms with Gasteiger partial charge in [0.1, 0.15) is 5.82 Å². The number of guanidine groups is 1. The number of benzene rings is 1. The standard InChI is InChI=1S/C21H29FN4OS.HI/c1-3-23-20(24-10-7-19-14-28-16(2)26-19)25-15-21(8-11-27-12-9-21)17-5-4-6-18(22)13-17;/h4-6,13-14H,3,7-12,15H2,1-2H3,(H2,23,24,25);1H. The maximum atomic E-state index is 13.8. The van der Waals surface area contributed by atoms with Crippen molar-refractivity contribution in [2.24, 2.45) is 4.99 Å². The van der Waals surface area contributed by atoms with Gasteiger partial charge in [-0.1, -0.05) is 12.1 Å². The molecule has 0 atom stereocenters. The van der Waals surface area contributed by atoms with E-state index in [0.717, 1.165) is 54.6 Å². The summed E-state index contributed by atoms with van der Waals surface area (Å²) in [6.45, 7) is 7.59. The first-order valence-electron chi connectivity index (χ1n) is 9.88. The molecular weight excluding hydrogens is 502 g/mol. The second-order valence-electron chi connectivity index (χ2n) is 7.13. The van der Waals surface area contributed by atoms with Gasteiger partial charge in [0, 0.05) is 43.5 Å². The highest BCUT2D eigenvalue weighted by molar-refractivity contribution is 14.0. The number of aliphatic imine (C=N–C) groups is 1. The highest BCUT2D eigenvalue weighted by Gasteiger charge is 2.34. The van der Waals surface area contributed by atoms with Gasteiger partial charge in [0.2, 0.25) is 0 Å². The third kappa shape index (κ3) is 6.89. The smallest absolute Gasteiger partial charge is 0.191 e. The minimum Gasteiger partial charge on any atom is -0.381 e. The van der Waals surface area contributed by atoms with Crippen LogP contribution in [0.1, 0.15) is 36.0 Å². The molecule has 0 saturated carbocycles. The molecule has 0 spiro atoms. The monoisotopic (exact) mass is 532 g/mol. The number of aryl methyl sites for hydroxylation is 1. The summed E-state index contributed by atoms with van der Waals surface area (Å²) in [6.07, 6.45) is 2.55. The molecule has 8 heteroatoms. The SMILES string of the molecule is CCNC(=NCC1(c2cccc(F)c2)CCOCC1)NCCc1csc(C)n1.I. The molecule has 0 unspecified atom stereocenters. The van der Waals surface area contributed by atoms with Gasteiger partial charge >= 0.3 is 0 Å². The molecule has 0 radical (unpaired) electrons. The Morgan fingerprint density at radius 3 is 2.76 bits per heavy atom. The second-order valence-corrected chi connectivity index (χ2v) is 8.20. The number of hydrogen-bond donors (Lipinski definition) is 2. The van der Waals surface area contributed by atoms with Crippen molar-refractivity contribution in [1.29, 1.82) is 0 Å². The fraction of sp³-hybridized carbons (Fsp3) is 0.524. The van der Waals surface area contributed by atoms with Crippen molar-refractivity contribution in [2.75, 3.05) is 32.8 Å². The van der Waals surface area contributed by atoms with E-state index in [2.05, 4.69) is 27.9 Å². The first-order chi connectivity index (χ1) is 13.6. The topological polar surface area (TPSA) is 58.5 Å². The molecule has 2 heterocycles. The zero-order chi connectivity index (χ0) is 19.8. The maximum absolute atomic E-state index is 13.8. The van der Waals surface area contributed by atoms with Crippen LogP contribution in [0.4, 0.5) is 4.39 Å². The average Bonchev–Trinajstić information content (AvgIpc) is 3.12. The summed E-state index contributed by atoms with van der Waals surface area (Å²) in [6, 6.07) is 6.93. The lowest BCUT2D eigenvalue weighted by Gasteiger charge is -2.36. The molecule has 1 aromatic heterocycles. The van der Waals surface area contributed by atoms with Crippen LogP contribution in [-0.2, 0) is 16.6 Å². The van der Waals surface area contributed by atoms with E-state index in [4.69, 9.17) is 9.73 Å². The molecule has 0 aliphatic carbocycles. The number of aromatic nitrogens is 1. The van der Waals surface area contributed by atoms with Crippen LogP contribution in [0.2, 0.25) is 0 Å². The Hall–Kier alpha value is -1.26. The van der Waals surface area contributed by atoms with Gasteiger partial charge in [-0.3, -0.25) is 4.99 Å². The molecule has 2 N–H and O–H groups in total. The van der Waals surface area contributed by atoms with Crippen molar-refractivity contribution in [1.82, 2.24) is 15.6 Å². The molecule has 1 aliphatic rings. The molecule has 0 amide bonds. The van der Waals surface area contributed by atoms with Crippen LogP contribution in [0, 0.1) is 12.7 Å². The fourth-order valence-electron chi connectivity index (χ4n) is 3.52. The van der Waals surface area contributed by atoms with Crippen LogP contribution in [0.3, 0.4) is 0 Å². The van der Waals surface area contributed by atoms with Gasteiger partial charge < -0.3 is 15.4 Å². The summed E-state index contributed by atoms with van der Waals surface area (Å²) in [7, 11) is 0. The summed E-state index contributed by atoms with van der Waals surface area (Å²) in [5, 5.41) is 9.89. The molecular formula is C21H30FIN4OS. The molecule has 0 bridgehead atoms. The van der Waals surface area contributed by atoms with E-state index in [0.29, 0.717) is 19.8 Å². The van der Waals surface area contributed by atoms with E-state index in [1.54, 1.807) is 23.5 Å². The molecule has 3 rings (SSSR count).